The van der Waals surface area contributed by atoms with E-state index < -0.39 is 10.7 Å². The lowest BCUT2D eigenvalue weighted by molar-refractivity contribution is -0.385. The molecule has 0 aliphatic heterocycles. The molecule has 0 radical (unpaired) electrons. The highest BCUT2D eigenvalue weighted by Crippen LogP contribution is 2.17. The van der Waals surface area contributed by atoms with Crippen LogP contribution in [0.5, 0.6) is 0 Å². The maximum atomic E-state index is 13.1. The van der Waals surface area contributed by atoms with Crippen molar-refractivity contribution in [3.8, 4) is 6.07 Å². The van der Waals surface area contributed by atoms with Gasteiger partial charge in [-0.2, -0.15) is 5.26 Å². The Morgan fingerprint density at radius 1 is 1.59 bits per heavy atom. The Kier molecular flexibility index (Phi) is 4.12. The van der Waals surface area contributed by atoms with Crippen molar-refractivity contribution in [2.24, 2.45) is 0 Å². The van der Waals surface area contributed by atoms with Crippen molar-refractivity contribution in [3.05, 3.63) is 39.7 Å². The summed E-state index contributed by atoms with van der Waals surface area (Å²) in [4.78, 5) is 11.6. The summed E-state index contributed by atoms with van der Waals surface area (Å²) in [6, 6.07) is 5.11. The molecule has 1 rings (SSSR count). The van der Waals surface area contributed by atoms with Gasteiger partial charge in [0.05, 0.1) is 23.1 Å². The summed E-state index contributed by atoms with van der Waals surface area (Å²) >= 11 is 0. The van der Waals surface area contributed by atoms with Gasteiger partial charge in [-0.05, 0) is 25.6 Å². The predicted octanol–water partition coefficient (Wildman–Crippen LogP) is 2.08. The summed E-state index contributed by atoms with van der Waals surface area (Å²) in [6.07, 6.45) is 0. The van der Waals surface area contributed by atoms with Gasteiger partial charge in [-0.3, -0.25) is 15.0 Å². The molecule has 1 atom stereocenters. The van der Waals surface area contributed by atoms with E-state index in [0.717, 1.165) is 6.07 Å². The highest BCUT2D eigenvalue weighted by Gasteiger charge is 2.13. The number of nitriles is 1. The molecule has 0 heterocycles. The van der Waals surface area contributed by atoms with Crippen LogP contribution in [0.25, 0.3) is 0 Å². The topological polar surface area (TPSA) is 70.2 Å². The average molecular weight is 237 g/mol. The number of nitro benzene ring substituents is 1. The van der Waals surface area contributed by atoms with E-state index in [0.29, 0.717) is 5.56 Å². The van der Waals surface area contributed by atoms with Crippen LogP contribution in [0.15, 0.2) is 18.2 Å². The van der Waals surface area contributed by atoms with E-state index >= 15 is 0 Å². The molecule has 0 amide bonds. The number of rotatable bonds is 4. The summed E-state index contributed by atoms with van der Waals surface area (Å²) in [7, 11) is 1.70. The van der Waals surface area contributed by atoms with Crippen molar-refractivity contribution in [1.82, 2.24) is 4.90 Å². The molecular formula is C11H12FN3O2. The normalized spacial score (nSPS) is 12.2. The van der Waals surface area contributed by atoms with Crippen molar-refractivity contribution < 1.29 is 9.31 Å². The lowest BCUT2D eigenvalue weighted by Crippen LogP contribution is -2.27. The maximum Gasteiger partial charge on any atom is 0.272 e. The fourth-order valence-corrected chi connectivity index (χ4v) is 1.35. The molecule has 0 bridgehead atoms. The third-order valence-corrected chi connectivity index (χ3v) is 2.43. The van der Waals surface area contributed by atoms with Gasteiger partial charge in [0.25, 0.3) is 5.69 Å². The molecule has 1 unspecified atom stereocenters. The van der Waals surface area contributed by atoms with E-state index in [1.807, 2.05) is 6.07 Å². The average Bonchev–Trinajstić information content (AvgIpc) is 2.26. The number of hydrogen-bond acceptors (Lipinski definition) is 4. The summed E-state index contributed by atoms with van der Waals surface area (Å²) in [5.74, 6) is -0.646. The lowest BCUT2D eigenvalue weighted by atomic mass is 10.1. The van der Waals surface area contributed by atoms with E-state index in [2.05, 4.69) is 0 Å². The van der Waals surface area contributed by atoms with Crippen LogP contribution in [0.3, 0.4) is 0 Å². The van der Waals surface area contributed by atoms with Crippen LogP contribution in [0.2, 0.25) is 0 Å². The van der Waals surface area contributed by atoms with E-state index in [1.54, 1.807) is 18.9 Å². The second-order valence-corrected chi connectivity index (χ2v) is 3.79. The van der Waals surface area contributed by atoms with Crippen LogP contribution in [0.4, 0.5) is 10.1 Å². The molecule has 0 spiro atoms. The molecule has 0 aliphatic rings. The number of benzene rings is 1. The Morgan fingerprint density at radius 2 is 2.24 bits per heavy atom. The first-order valence-corrected chi connectivity index (χ1v) is 4.97. The zero-order valence-corrected chi connectivity index (χ0v) is 9.55. The van der Waals surface area contributed by atoms with Gasteiger partial charge in [-0.25, -0.2) is 4.39 Å². The maximum absolute atomic E-state index is 13.1. The van der Waals surface area contributed by atoms with Crippen LogP contribution in [-0.4, -0.2) is 22.9 Å². The van der Waals surface area contributed by atoms with Gasteiger partial charge < -0.3 is 0 Å². The van der Waals surface area contributed by atoms with Crippen molar-refractivity contribution in [1.29, 1.82) is 5.26 Å². The lowest BCUT2D eigenvalue weighted by Gasteiger charge is -2.18. The van der Waals surface area contributed by atoms with E-state index in [-0.39, 0.29) is 18.3 Å². The largest absolute Gasteiger partial charge is 0.287 e. The molecule has 5 nitrogen and oxygen atoms in total. The summed E-state index contributed by atoms with van der Waals surface area (Å²) < 4.78 is 13.1. The van der Waals surface area contributed by atoms with Crippen LogP contribution >= 0.6 is 0 Å². The van der Waals surface area contributed by atoms with Gasteiger partial charge in [0.15, 0.2) is 0 Å². The van der Waals surface area contributed by atoms with Gasteiger partial charge in [-0.1, -0.05) is 0 Å². The fraction of sp³-hybridized carbons (Fsp3) is 0.364. The standard InChI is InChI=1S/C11H12FN3O2/c1-8(6-13)14(2)7-9-3-10(12)5-11(4-9)15(16)17/h3-5,8H,7H2,1-2H3. The second kappa shape index (κ2) is 5.37. The van der Waals surface area contributed by atoms with Gasteiger partial charge in [0, 0.05) is 12.6 Å². The molecule has 0 aromatic heterocycles. The molecule has 1 aromatic carbocycles. The van der Waals surface area contributed by atoms with E-state index in [1.165, 1.54) is 12.1 Å². The Labute approximate surface area is 98.2 Å². The molecule has 1 aromatic rings. The molecular weight excluding hydrogens is 225 g/mol. The number of nitrogens with zero attached hydrogens (tertiary/aromatic N) is 3. The first-order chi connectivity index (χ1) is 7.93. The van der Waals surface area contributed by atoms with E-state index in [4.69, 9.17) is 5.26 Å². The summed E-state index contributed by atoms with van der Waals surface area (Å²) in [6.45, 7) is 1.99. The molecule has 0 aliphatic carbocycles. The number of hydrogen-bond donors (Lipinski definition) is 0. The zero-order valence-electron chi connectivity index (χ0n) is 9.55. The van der Waals surface area contributed by atoms with Gasteiger partial charge in [-0.15, -0.1) is 0 Å². The molecule has 0 saturated carbocycles. The number of non-ortho nitro benzene ring substituents is 1. The van der Waals surface area contributed by atoms with Gasteiger partial charge >= 0.3 is 0 Å². The highest BCUT2D eigenvalue weighted by molar-refractivity contribution is 5.35. The van der Waals surface area contributed by atoms with Crippen molar-refractivity contribution in [3.63, 3.8) is 0 Å². The van der Waals surface area contributed by atoms with Crippen molar-refractivity contribution >= 4 is 5.69 Å². The SMILES string of the molecule is CC(C#N)N(C)Cc1cc(F)cc([N+](=O)[O-])c1. The van der Waals surface area contributed by atoms with Crippen molar-refractivity contribution in [2.75, 3.05) is 7.05 Å². The second-order valence-electron chi connectivity index (χ2n) is 3.79. The van der Waals surface area contributed by atoms with Crippen LogP contribution in [0.1, 0.15) is 12.5 Å². The number of halogens is 1. The molecule has 6 heteroatoms. The molecule has 90 valence electrons. The quantitative estimate of drug-likeness (QED) is 0.593. The highest BCUT2D eigenvalue weighted by atomic mass is 19.1. The molecule has 17 heavy (non-hydrogen) atoms. The third-order valence-electron chi connectivity index (χ3n) is 2.43. The van der Waals surface area contributed by atoms with Crippen molar-refractivity contribution in [2.45, 2.75) is 19.5 Å². The third kappa shape index (κ3) is 3.50. The molecule has 0 N–H and O–H groups in total. The molecule has 0 saturated heterocycles. The Bertz CT molecular complexity index is 470. The monoisotopic (exact) mass is 237 g/mol. The van der Waals surface area contributed by atoms with Gasteiger partial charge in [0.2, 0.25) is 0 Å². The summed E-state index contributed by atoms with van der Waals surface area (Å²) in [5.41, 5.74) is 0.194. The van der Waals surface area contributed by atoms with E-state index in [9.17, 15) is 14.5 Å². The zero-order chi connectivity index (χ0) is 13.0. The Balaban J connectivity index is 2.92. The smallest absolute Gasteiger partial charge is 0.272 e. The van der Waals surface area contributed by atoms with Crippen LogP contribution < -0.4 is 0 Å². The number of nitro groups is 1. The van der Waals surface area contributed by atoms with Crippen LogP contribution in [-0.2, 0) is 6.54 Å². The minimum atomic E-state index is -0.646. The fourth-order valence-electron chi connectivity index (χ4n) is 1.35. The first kappa shape index (κ1) is 13.1. The Hall–Kier alpha value is -2.00. The molecule has 0 fully saturated rings. The van der Waals surface area contributed by atoms with Crippen LogP contribution in [0, 0.1) is 27.3 Å². The van der Waals surface area contributed by atoms with Gasteiger partial charge in [0.1, 0.15) is 5.82 Å². The minimum absolute atomic E-state index is 0.280. The summed E-state index contributed by atoms with van der Waals surface area (Å²) in [5, 5.41) is 19.3. The first-order valence-electron chi connectivity index (χ1n) is 4.97. The Morgan fingerprint density at radius 3 is 2.76 bits per heavy atom. The predicted molar refractivity (Wildman–Crippen MR) is 59.6 cm³/mol. The minimum Gasteiger partial charge on any atom is -0.287 e.